The van der Waals surface area contributed by atoms with Gasteiger partial charge in [0.2, 0.25) is 0 Å². The summed E-state index contributed by atoms with van der Waals surface area (Å²) in [5, 5.41) is 0. The Hall–Kier alpha value is 2.17. The van der Waals surface area contributed by atoms with Crippen LogP contribution in [0.15, 0.2) is 0 Å². The van der Waals surface area contributed by atoms with Crippen molar-refractivity contribution in [1.29, 1.82) is 0 Å². The average Bonchev–Trinajstić information content (AvgIpc) is 2.01. The summed E-state index contributed by atoms with van der Waals surface area (Å²) in [6.45, 7) is 0. The Morgan fingerprint density at radius 3 is 2.00 bits per heavy atom. The van der Waals surface area contributed by atoms with E-state index in [4.69, 9.17) is 67.5 Å². The SMILES string of the molecule is ClC1(Cl)CCCCC[Si](Cl)(Cl)[Si]1(Cl)Cl. The lowest BCUT2D eigenvalue weighted by Crippen LogP contribution is -2.59. The van der Waals surface area contributed by atoms with Crippen LogP contribution in [0.2, 0.25) is 6.04 Å². The van der Waals surface area contributed by atoms with E-state index < -0.39 is 16.4 Å². The van der Waals surface area contributed by atoms with Crippen molar-refractivity contribution in [2.75, 3.05) is 0 Å². The normalized spacial score (nSPS) is 30.4. The molecule has 1 heterocycles. The highest BCUT2D eigenvalue weighted by Crippen LogP contribution is 2.52. The number of hydrogen-bond donors (Lipinski definition) is 0. The lowest BCUT2D eigenvalue weighted by Gasteiger charge is -2.38. The van der Waals surface area contributed by atoms with E-state index in [0.29, 0.717) is 12.5 Å². The fourth-order valence-electron chi connectivity index (χ4n) is 1.45. The number of hydrogen-bond acceptors (Lipinski definition) is 0. The van der Waals surface area contributed by atoms with E-state index >= 15 is 0 Å². The quantitative estimate of drug-likeness (QED) is 0.320. The molecule has 0 bridgehead atoms. The molecule has 0 unspecified atom stereocenters. The maximum absolute atomic E-state index is 6.27. The topological polar surface area (TPSA) is 0 Å². The van der Waals surface area contributed by atoms with E-state index in [1.807, 2.05) is 0 Å². The van der Waals surface area contributed by atoms with Crippen LogP contribution in [0, 0.1) is 0 Å². The summed E-state index contributed by atoms with van der Waals surface area (Å²) in [6.07, 6.45) is -2.15. The molecule has 0 spiro atoms. The van der Waals surface area contributed by atoms with Crippen LogP contribution in [0.3, 0.4) is 0 Å². The zero-order valence-corrected chi connectivity index (χ0v) is 13.8. The molecule has 0 aromatic carbocycles. The van der Waals surface area contributed by atoms with Gasteiger partial charge in [-0.05, 0) is 12.5 Å². The van der Waals surface area contributed by atoms with Crippen LogP contribution in [-0.2, 0) is 0 Å². The Morgan fingerprint density at radius 2 is 1.43 bits per heavy atom. The second-order valence-electron chi connectivity index (χ2n) is 3.54. The van der Waals surface area contributed by atoms with E-state index in [0.717, 1.165) is 19.3 Å². The van der Waals surface area contributed by atoms with E-state index in [1.54, 1.807) is 0 Å². The lowest BCUT2D eigenvalue weighted by molar-refractivity contribution is 0.666. The molecule has 1 aliphatic rings. The fourth-order valence-corrected chi connectivity index (χ4v) is 17.8. The van der Waals surface area contributed by atoms with Crippen molar-refractivity contribution in [3.05, 3.63) is 0 Å². The number of alkyl halides is 2. The Balaban J connectivity index is 2.98. The molecular formula is C6H10Cl6Si2. The van der Waals surface area contributed by atoms with Crippen molar-refractivity contribution in [1.82, 2.24) is 0 Å². The first-order chi connectivity index (χ1) is 6.21. The molecule has 84 valence electrons. The molecular weight excluding hydrogens is 341 g/mol. The largest absolute Gasteiger partial charge is 0.307 e. The monoisotopic (exact) mass is 348 g/mol. The van der Waals surface area contributed by atoms with Gasteiger partial charge in [0.05, 0.1) is 0 Å². The summed E-state index contributed by atoms with van der Waals surface area (Å²) >= 11 is 37.4. The van der Waals surface area contributed by atoms with Crippen LogP contribution in [0.25, 0.3) is 0 Å². The molecule has 0 N–H and O–H groups in total. The second kappa shape index (κ2) is 4.81. The Bertz CT molecular complexity index is 196. The Kier molecular flexibility index (Phi) is 4.89. The predicted molar refractivity (Wildman–Crippen MR) is 72.6 cm³/mol. The predicted octanol–water partition coefficient (Wildman–Crippen LogP) is 5.19. The van der Waals surface area contributed by atoms with Crippen LogP contribution in [0.1, 0.15) is 25.7 Å². The fraction of sp³-hybridized carbons (Fsp3) is 1.00. The minimum absolute atomic E-state index is 0.587. The third-order valence-electron chi connectivity index (χ3n) is 2.40. The minimum Gasteiger partial charge on any atom is -0.146 e. The van der Waals surface area contributed by atoms with Crippen LogP contribution in [0.4, 0.5) is 0 Å². The molecule has 0 aromatic rings. The van der Waals surface area contributed by atoms with Crippen molar-refractivity contribution in [2.45, 2.75) is 35.7 Å². The Labute approximate surface area is 115 Å². The summed E-state index contributed by atoms with van der Waals surface area (Å²) < 4.78 is -1.10. The third-order valence-corrected chi connectivity index (χ3v) is 31.9. The van der Waals surface area contributed by atoms with Gasteiger partial charge in [-0.15, -0.1) is 67.5 Å². The lowest BCUT2D eigenvalue weighted by atomic mass is 10.2. The van der Waals surface area contributed by atoms with Crippen molar-refractivity contribution in [3.8, 4) is 0 Å². The summed E-state index contributed by atoms with van der Waals surface area (Å²) in [5.74, 6) is 0. The van der Waals surface area contributed by atoms with Gasteiger partial charge >= 0.3 is 6.21 Å². The second-order valence-corrected chi connectivity index (χ2v) is 26.6. The first kappa shape index (κ1) is 14.2. The van der Waals surface area contributed by atoms with Crippen molar-refractivity contribution < 1.29 is 0 Å². The summed E-state index contributed by atoms with van der Waals surface area (Å²) in [7, 11) is 0. The van der Waals surface area contributed by atoms with E-state index in [2.05, 4.69) is 0 Å². The smallest absolute Gasteiger partial charge is 0.146 e. The third kappa shape index (κ3) is 2.70. The summed E-state index contributed by atoms with van der Waals surface area (Å²) in [6, 6.07) is 0.691. The van der Waals surface area contributed by atoms with Gasteiger partial charge in [-0.2, -0.15) is 0 Å². The first-order valence-electron chi connectivity index (χ1n) is 4.34. The molecule has 0 atom stereocenters. The van der Waals surface area contributed by atoms with E-state index in [1.165, 1.54) is 0 Å². The molecule has 8 heteroatoms. The van der Waals surface area contributed by atoms with Gasteiger partial charge in [0.15, 0.2) is 0 Å². The highest BCUT2D eigenvalue weighted by molar-refractivity contribution is 7.94. The van der Waals surface area contributed by atoms with Gasteiger partial charge in [0, 0.05) is 0 Å². The van der Waals surface area contributed by atoms with Gasteiger partial charge in [0.25, 0.3) is 6.21 Å². The molecule has 0 aromatic heterocycles. The van der Waals surface area contributed by atoms with Crippen LogP contribution in [0.5, 0.6) is 0 Å². The molecule has 0 radical (unpaired) electrons. The molecule has 1 saturated heterocycles. The molecule has 0 saturated carbocycles. The summed E-state index contributed by atoms with van der Waals surface area (Å²) in [5.41, 5.74) is 0. The van der Waals surface area contributed by atoms with Crippen LogP contribution in [-0.4, -0.2) is 16.4 Å². The molecule has 0 nitrogen and oxygen atoms in total. The number of halogens is 6. The number of rotatable bonds is 0. The standard InChI is InChI=1S/C6H10Cl6Si2/c7-6(8)4-2-1-3-5-13(9,10)14(6,11)12/h1-5H2. The van der Waals surface area contributed by atoms with Crippen molar-refractivity contribution in [2.24, 2.45) is 0 Å². The molecule has 1 rings (SSSR count). The zero-order chi connectivity index (χ0) is 11.0. The average molecular weight is 351 g/mol. The van der Waals surface area contributed by atoms with Gasteiger partial charge in [0.1, 0.15) is 3.96 Å². The van der Waals surface area contributed by atoms with Crippen LogP contribution >= 0.6 is 67.5 Å². The maximum atomic E-state index is 6.27. The molecule has 14 heavy (non-hydrogen) atoms. The van der Waals surface area contributed by atoms with E-state index in [9.17, 15) is 0 Å². The Morgan fingerprint density at radius 1 is 0.857 bits per heavy atom. The maximum Gasteiger partial charge on any atom is 0.307 e. The van der Waals surface area contributed by atoms with Gasteiger partial charge in [-0.1, -0.05) is 19.3 Å². The van der Waals surface area contributed by atoms with Crippen molar-refractivity contribution in [3.63, 3.8) is 0 Å². The van der Waals surface area contributed by atoms with Crippen LogP contribution < -0.4 is 0 Å². The first-order valence-corrected chi connectivity index (χ1v) is 14.4. The summed E-state index contributed by atoms with van der Waals surface area (Å²) in [4.78, 5) is 0. The molecule has 0 amide bonds. The van der Waals surface area contributed by atoms with Gasteiger partial charge < -0.3 is 0 Å². The van der Waals surface area contributed by atoms with Crippen molar-refractivity contribution >= 4 is 79.9 Å². The highest BCUT2D eigenvalue weighted by atomic mass is 35.8. The minimum atomic E-state index is -2.98. The molecule has 0 aliphatic carbocycles. The van der Waals surface area contributed by atoms with Gasteiger partial charge in [-0.25, -0.2) is 0 Å². The van der Waals surface area contributed by atoms with Gasteiger partial charge in [-0.3, -0.25) is 0 Å². The zero-order valence-electron chi connectivity index (χ0n) is 7.30. The molecule has 1 aliphatic heterocycles. The van der Waals surface area contributed by atoms with E-state index in [-0.39, 0.29) is 0 Å². The molecule has 1 fully saturated rings. The highest BCUT2D eigenvalue weighted by Gasteiger charge is 2.65.